The summed E-state index contributed by atoms with van der Waals surface area (Å²) >= 11 is 0. The minimum Gasteiger partial charge on any atom is -0.356 e. The zero-order valence-corrected chi connectivity index (χ0v) is 17.8. The van der Waals surface area contributed by atoms with E-state index in [0.29, 0.717) is 49.3 Å². The second-order valence-corrected chi connectivity index (χ2v) is 7.82. The van der Waals surface area contributed by atoms with Gasteiger partial charge in [0.05, 0.1) is 16.4 Å². The molecule has 0 atom stereocenters. The fourth-order valence-electron chi connectivity index (χ4n) is 3.81. The minimum atomic E-state index is -0.182. The Morgan fingerprint density at radius 3 is 2.61 bits per heavy atom. The van der Waals surface area contributed by atoms with Crippen LogP contribution in [0.1, 0.15) is 38.6 Å². The van der Waals surface area contributed by atoms with Crippen molar-refractivity contribution in [1.82, 2.24) is 29.9 Å². The molecule has 8 heteroatoms. The summed E-state index contributed by atoms with van der Waals surface area (Å²) in [5.74, 6) is 0.920. The Balaban J connectivity index is 1.30. The third kappa shape index (κ3) is 4.47. The molecule has 1 amide bonds. The molecule has 4 aromatic rings. The van der Waals surface area contributed by atoms with Gasteiger partial charge in [-0.2, -0.15) is 0 Å². The number of amides is 1. The predicted molar refractivity (Wildman–Crippen MR) is 120 cm³/mol. The Morgan fingerprint density at radius 2 is 1.81 bits per heavy atom. The van der Waals surface area contributed by atoms with Gasteiger partial charge >= 0.3 is 0 Å². The topological polar surface area (TPSA) is 94.7 Å². The first kappa shape index (κ1) is 20.7. The lowest BCUT2D eigenvalue weighted by atomic mass is 10.2. The van der Waals surface area contributed by atoms with Crippen LogP contribution in [-0.4, -0.2) is 37.0 Å². The fraction of sp³-hybridized carbons (Fsp3) is 0.348. The maximum atomic E-state index is 12.4. The summed E-state index contributed by atoms with van der Waals surface area (Å²) < 4.78 is 3.53. The van der Waals surface area contributed by atoms with E-state index in [1.54, 1.807) is 18.2 Å². The van der Waals surface area contributed by atoms with Crippen LogP contribution in [-0.2, 0) is 17.8 Å². The van der Waals surface area contributed by atoms with E-state index in [1.165, 1.54) is 4.68 Å². The molecule has 1 N–H and O–H groups in total. The average Bonchev–Trinajstić information content (AvgIpc) is 3.14. The molecule has 0 saturated carbocycles. The molecule has 0 aliphatic carbocycles. The van der Waals surface area contributed by atoms with Gasteiger partial charge in [-0.25, -0.2) is 9.67 Å². The molecule has 2 aromatic heterocycles. The highest BCUT2D eigenvalue weighted by molar-refractivity contribution is 5.77. The highest BCUT2D eigenvalue weighted by atomic mass is 16.1. The van der Waals surface area contributed by atoms with Crippen molar-refractivity contribution in [3.63, 3.8) is 0 Å². The summed E-state index contributed by atoms with van der Waals surface area (Å²) in [4.78, 5) is 29.4. The van der Waals surface area contributed by atoms with Gasteiger partial charge in [-0.3, -0.25) is 9.59 Å². The molecule has 0 fully saturated rings. The Bertz CT molecular complexity index is 1270. The van der Waals surface area contributed by atoms with Crippen LogP contribution in [0.3, 0.4) is 0 Å². The van der Waals surface area contributed by atoms with Crippen LogP contribution in [0.2, 0.25) is 0 Å². The maximum absolute atomic E-state index is 12.4. The lowest BCUT2D eigenvalue weighted by molar-refractivity contribution is -0.121. The molecule has 0 spiro atoms. The van der Waals surface area contributed by atoms with Crippen molar-refractivity contribution in [2.45, 2.75) is 45.7 Å². The van der Waals surface area contributed by atoms with E-state index in [-0.39, 0.29) is 11.5 Å². The van der Waals surface area contributed by atoms with Gasteiger partial charge in [-0.05, 0) is 44.5 Å². The largest absolute Gasteiger partial charge is 0.356 e. The van der Waals surface area contributed by atoms with Gasteiger partial charge in [-0.1, -0.05) is 29.5 Å². The fourth-order valence-corrected chi connectivity index (χ4v) is 3.81. The summed E-state index contributed by atoms with van der Waals surface area (Å²) in [6, 6.07) is 15.5. The number of fused-ring (bicyclic) bond motifs is 2. The van der Waals surface area contributed by atoms with Gasteiger partial charge in [-0.15, -0.1) is 5.10 Å². The van der Waals surface area contributed by atoms with Gasteiger partial charge in [0.25, 0.3) is 5.56 Å². The Morgan fingerprint density at radius 1 is 1.06 bits per heavy atom. The molecule has 4 rings (SSSR count). The molecule has 31 heavy (non-hydrogen) atoms. The van der Waals surface area contributed by atoms with E-state index in [2.05, 4.69) is 40.1 Å². The number of carbonyl (C=O) groups is 1. The Labute approximate surface area is 179 Å². The van der Waals surface area contributed by atoms with Crippen LogP contribution in [0.4, 0.5) is 0 Å². The highest BCUT2D eigenvalue weighted by Crippen LogP contribution is 2.21. The molecule has 8 nitrogen and oxygen atoms in total. The third-order valence-corrected chi connectivity index (χ3v) is 5.26. The van der Waals surface area contributed by atoms with Crippen LogP contribution in [0.25, 0.3) is 21.9 Å². The van der Waals surface area contributed by atoms with E-state index in [9.17, 15) is 9.59 Å². The number of aryl methyl sites for hydroxylation is 1. The second-order valence-electron chi connectivity index (χ2n) is 7.82. The van der Waals surface area contributed by atoms with E-state index in [1.807, 2.05) is 24.3 Å². The maximum Gasteiger partial charge on any atom is 0.277 e. The van der Waals surface area contributed by atoms with E-state index in [0.717, 1.165) is 16.9 Å². The van der Waals surface area contributed by atoms with Crippen molar-refractivity contribution in [3.05, 3.63) is 64.7 Å². The number of imidazole rings is 1. The van der Waals surface area contributed by atoms with Crippen molar-refractivity contribution in [3.8, 4) is 0 Å². The van der Waals surface area contributed by atoms with Gasteiger partial charge in [0.1, 0.15) is 11.3 Å². The summed E-state index contributed by atoms with van der Waals surface area (Å²) in [7, 11) is 0. The molecule has 0 aliphatic heterocycles. The molecular formula is C23H26N6O2. The number of carbonyl (C=O) groups excluding carboxylic acids is 1. The number of hydrogen-bond donors (Lipinski definition) is 1. The van der Waals surface area contributed by atoms with E-state index < -0.39 is 0 Å². The number of rotatable bonds is 8. The number of aromatic nitrogens is 5. The van der Waals surface area contributed by atoms with Gasteiger partial charge in [0, 0.05) is 32.0 Å². The average molecular weight is 419 g/mol. The molecule has 160 valence electrons. The lowest BCUT2D eigenvalue weighted by Crippen LogP contribution is -2.28. The molecule has 0 saturated heterocycles. The SMILES string of the molecule is CC(C)n1c(CCNC(=O)CCCn2nnc3ccccc3c2=O)nc2ccccc21. The number of para-hydroxylation sites is 2. The molecule has 2 heterocycles. The minimum absolute atomic E-state index is 0.0472. The monoisotopic (exact) mass is 418 g/mol. The number of benzene rings is 2. The summed E-state index contributed by atoms with van der Waals surface area (Å²) in [6.07, 6.45) is 1.50. The van der Waals surface area contributed by atoms with Crippen molar-refractivity contribution in [1.29, 1.82) is 0 Å². The molecule has 0 radical (unpaired) electrons. The molecule has 0 aliphatic rings. The normalized spacial score (nSPS) is 11.5. The first-order chi connectivity index (χ1) is 15.0. The Kier molecular flexibility index (Phi) is 6.06. The predicted octanol–water partition coefficient (Wildman–Crippen LogP) is 2.86. The van der Waals surface area contributed by atoms with Crippen LogP contribution in [0.5, 0.6) is 0 Å². The van der Waals surface area contributed by atoms with E-state index >= 15 is 0 Å². The molecule has 0 bridgehead atoms. The number of nitrogens with zero attached hydrogens (tertiary/aromatic N) is 5. The summed E-state index contributed by atoms with van der Waals surface area (Å²) in [5, 5.41) is 11.5. The standard InChI is InChI=1S/C23H26N6O2/c1-16(2)29-20-11-6-5-10-19(20)25-21(29)13-14-24-22(30)12-7-15-28-23(31)17-8-3-4-9-18(17)26-27-28/h3-6,8-11,16H,7,12-15H2,1-2H3,(H,24,30). The zero-order chi connectivity index (χ0) is 21.8. The van der Waals surface area contributed by atoms with Gasteiger partial charge in [0.15, 0.2) is 0 Å². The van der Waals surface area contributed by atoms with Crippen LogP contribution >= 0.6 is 0 Å². The molecule has 0 unspecified atom stereocenters. The van der Waals surface area contributed by atoms with Crippen LogP contribution < -0.4 is 10.9 Å². The highest BCUT2D eigenvalue weighted by Gasteiger charge is 2.13. The summed E-state index contributed by atoms with van der Waals surface area (Å²) in [6.45, 7) is 5.14. The van der Waals surface area contributed by atoms with Crippen molar-refractivity contribution >= 4 is 27.8 Å². The second kappa shape index (κ2) is 9.07. The van der Waals surface area contributed by atoms with Crippen LogP contribution in [0.15, 0.2) is 53.3 Å². The smallest absolute Gasteiger partial charge is 0.277 e. The third-order valence-electron chi connectivity index (χ3n) is 5.26. The summed E-state index contributed by atoms with van der Waals surface area (Å²) in [5.41, 5.74) is 2.48. The van der Waals surface area contributed by atoms with Crippen molar-refractivity contribution < 1.29 is 4.79 Å². The van der Waals surface area contributed by atoms with Crippen molar-refractivity contribution in [2.24, 2.45) is 0 Å². The molecular weight excluding hydrogens is 392 g/mol. The van der Waals surface area contributed by atoms with Crippen LogP contribution in [0, 0.1) is 0 Å². The van der Waals surface area contributed by atoms with E-state index in [4.69, 9.17) is 4.98 Å². The lowest BCUT2D eigenvalue weighted by Gasteiger charge is -2.13. The van der Waals surface area contributed by atoms with Gasteiger partial charge < -0.3 is 9.88 Å². The number of nitrogens with one attached hydrogen (secondary N) is 1. The first-order valence-corrected chi connectivity index (χ1v) is 10.6. The zero-order valence-electron chi connectivity index (χ0n) is 17.8. The number of hydrogen-bond acceptors (Lipinski definition) is 5. The van der Waals surface area contributed by atoms with Crippen molar-refractivity contribution in [2.75, 3.05) is 6.54 Å². The Hall–Kier alpha value is -3.55. The first-order valence-electron chi connectivity index (χ1n) is 10.6. The van der Waals surface area contributed by atoms with Gasteiger partial charge in [0.2, 0.25) is 5.91 Å². The quantitative estimate of drug-likeness (QED) is 0.475. The molecule has 2 aromatic carbocycles.